The van der Waals surface area contributed by atoms with E-state index in [1.807, 2.05) is 54.6 Å². The van der Waals surface area contributed by atoms with Crippen molar-refractivity contribution in [2.45, 2.75) is 0 Å². The molecule has 3 rings (SSSR count). The summed E-state index contributed by atoms with van der Waals surface area (Å²) in [4.78, 5) is 0. The minimum absolute atomic E-state index is 0.00929. The molecular weight excluding hydrogens is 468 g/mol. The van der Waals surface area contributed by atoms with Gasteiger partial charge in [-0.1, -0.05) is 24.3 Å². The molecule has 0 unspecified atom stereocenters. The molecule has 0 bridgehead atoms. The van der Waals surface area contributed by atoms with E-state index in [1.54, 1.807) is 35.5 Å². The fourth-order valence-electron chi connectivity index (χ4n) is 3.50. The first kappa shape index (κ1) is 27.1. The van der Waals surface area contributed by atoms with Gasteiger partial charge >= 0.3 is 0 Å². The van der Waals surface area contributed by atoms with Crippen LogP contribution in [0.4, 0.5) is 0 Å². The molecule has 3 aromatic rings. The lowest BCUT2D eigenvalue weighted by molar-refractivity contribution is 0.0456. The maximum Gasteiger partial charge on any atom is 0.188 e. The normalized spacial score (nSPS) is 10.7. The number of benzene rings is 3. The maximum atomic E-state index is 6.06. The van der Waals surface area contributed by atoms with E-state index in [0.717, 1.165) is 16.7 Å². The molecule has 36 heavy (non-hydrogen) atoms. The second-order valence-corrected chi connectivity index (χ2v) is 7.41. The summed E-state index contributed by atoms with van der Waals surface area (Å²) in [5, 5.41) is 0. The van der Waals surface area contributed by atoms with E-state index >= 15 is 0 Å². The molecule has 9 heteroatoms. The van der Waals surface area contributed by atoms with Gasteiger partial charge in [-0.2, -0.15) is 0 Å². The zero-order valence-electron chi connectivity index (χ0n) is 21.2. The molecule has 0 aromatic heterocycles. The summed E-state index contributed by atoms with van der Waals surface area (Å²) in [7, 11) is 7.85. The molecule has 0 saturated heterocycles. The van der Waals surface area contributed by atoms with Crippen molar-refractivity contribution in [1.82, 2.24) is 0 Å². The quantitative estimate of drug-likeness (QED) is 0.269. The standard InChI is InChI=1S/C27H32O9/c1-28-15-33-21-10-6-19(7-11-21)23-14-24(35-17-30-3)25(27(26(23)32-5)36-18-31-4)20-8-12-22(13-9-20)34-16-29-2/h6-14H,15-18H2,1-5H3. The summed E-state index contributed by atoms with van der Waals surface area (Å²) in [6, 6.07) is 16.9. The van der Waals surface area contributed by atoms with Gasteiger partial charge in [0.2, 0.25) is 0 Å². The van der Waals surface area contributed by atoms with E-state index in [1.165, 1.54) is 0 Å². The Morgan fingerprint density at radius 3 is 1.47 bits per heavy atom. The largest absolute Gasteiger partial charge is 0.492 e. The summed E-state index contributed by atoms with van der Waals surface area (Å²) in [5.41, 5.74) is 3.14. The van der Waals surface area contributed by atoms with Crippen LogP contribution in [0.5, 0.6) is 28.7 Å². The van der Waals surface area contributed by atoms with Crippen LogP contribution in [0.1, 0.15) is 0 Å². The number of rotatable bonds is 15. The molecule has 9 nitrogen and oxygen atoms in total. The number of ether oxygens (including phenoxy) is 9. The van der Waals surface area contributed by atoms with Crippen LogP contribution in [0.2, 0.25) is 0 Å². The molecule has 3 aromatic carbocycles. The molecule has 0 atom stereocenters. The molecule has 0 aliphatic carbocycles. The van der Waals surface area contributed by atoms with Crippen LogP contribution in [0.25, 0.3) is 22.3 Å². The Morgan fingerprint density at radius 2 is 0.972 bits per heavy atom. The van der Waals surface area contributed by atoms with Gasteiger partial charge in [-0.25, -0.2) is 0 Å². The number of methoxy groups -OCH3 is 5. The number of hydrogen-bond acceptors (Lipinski definition) is 9. The highest BCUT2D eigenvalue weighted by molar-refractivity contribution is 5.88. The monoisotopic (exact) mass is 500 g/mol. The van der Waals surface area contributed by atoms with Gasteiger partial charge in [0.25, 0.3) is 0 Å². The smallest absolute Gasteiger partial charge is 0.188 e. The molecule has 0 aliphatic rings. The first-order valence-corrected chi connectivity index (χ1v) is 11.1. The van der Waals surface area contributed by atoms with Crippen molar-refractivity contribution in [2.24, 2.45) is 0 Å². The summed E-state index contributed by atoms with van der Waals surface area (Å²) in [6.45, 7) is 0.370. The van der Waals surface area contributed by atoms with Crippen LogP contribution in [0.15, 0.2) is 54.6 Å². The lowest BCUT2D eigenvalue weighted by Gasteiger charge is -2.22. The Bertz CT molecular complexity index is 1070. The predicted molar refractivity (Wildman–Crippen MR) is 134 cm³/mol. The maximum absolute atomic E-state index is 6.06. The van der Waals surface area contributed by atoms with Gasteiger partial charge in [0.15, 0.2) is 38.7 Å². The van der Waals surface area contributed by atoms with E-state index < -0.39 is 0 Å². The van der Waals surface area contributed by atoms with Gasteiger partial charge in [-0.15, -0.1) is 0 Å². The van der Waals surface area contributed by atoms with E-state index in [0.29, 0.717) is 34.3 Å². The van der Waals surface area contributed by atoms with Gasteiger partial charge < -0.3 is 42.6 Å². The minimum Gasteiger partial charge on any atom is -0.492 e. The Kier molecular flexibility index (Phi) is 10.7. The fourth-order valence-corrected chi connectivity index (χ4v) is 3.50. The van der Waals surface area contributed by atoms with Crippen molar-refractivity contribution in [3.8, 4) is 51.0 Å². The summed E-state index contributed by atoms with van der Waals surface area (Å²) < 4.78 is 49.3. The van der Waals surface area contributed by atoms with E-state index in [9.17, 15) is 0 Å². The molecule has 0 radical (unpaired) electrons. The van der Waals surface area contributed by atoms with Crippen molar-refractivity contribution in [2.75, 3.05) is 62.7 Å². The summed E-state index contributed by atoms with van der Waals surface area (Å²) in [6.07, 6.45) is 0. The highest BCUT2D eigenvalue weighted by Crippen LogP contribution is 2.50. The molecule has 0 fully saturated rings. The van der Waals surface area contributed by atoms with Gasteiger partial charge in [0.1, 0.15) is 17.2 Å². The molecule has 194 valence electrons. The fraction of sp³-hybridized carbons (Fsp3) is 0.333. The summed E-state index contributed by atoms with van der Waals surface area (Å²) >= 11 is 0. The highest BCUT2D eigenvalue weighted by atomic mass is 16.7. The Hall–Kier alpha value is -3.50. The van der Waals surface area contributed by atoms with Crippen molar-refractivity contribution in [3.05, 3.63) is 54.6 Å². The third kappa shape index (κ3) is 6.79. The molecule has 0 saturated carbocycles. The van der Waals surface area contributed by atoms with Crippen LogP contribution in [0, 0.1) is 0 Å². The molecule has 0 spiro atoms. The lowest BCUT2D eigenvalue weighted by Crippen LogP contribution is -2.07. The SMILES string of the molecule is COCOc1ccc(-c2cc(OCOC)c(-c3ccc(OCOC)cc3)c(OCOC)c2OC)cc1. The van der Waals surface area contributed by atoms with Crippen molar-refractivity contribution >= 4 is 0 Å². The molecule has 0 amide bonds. The second-order valence-electron chi connectivity index (χ2n) is 7.41. The third-order valence-electron chi connectivity index (χ3n) is 5.05. The zero-order chi connectivity index (χ0) is 25.8. The first-order valence-electron chi connectivity index (χ1n) is 11.1. The number of hydrogen-bond donors (Lipinski definition) is 0. The average Bonchev–Trinajstić information content (AvgIpc) is 2.92. The van der Waals surface area contributed by atoms with Crippen LogP contribution in [-0.4, -0.2) is 62.7 Å². The zero-order valence-corrected chi connectivity index (χ0v) is 21.2. The van der Waals surface area contributed by atoms with E-state index in [2.05, 4.69) is 0 Å². The lowest BCUT2D eigenvalue weighted by atomic mass is 9.96. The van der Waals surface area contributed by atoms with Crippen LogP contribution in [0.3, 0.4) is 0 Å². The van der Waals surface area contributed by atoms with Crippen LogP contribution >= 0.6 is 0 Å². The Balaban J connectivity index is 2.15. The Morgan fingerprint density at radius 1 is 0.500 bits per heavy atom. The van der Waals surface area contributed by atoms with E-state index in [4.69, 9.17) is 42.6 Å². The highest BCUT2D eigenvalue weighted by Gasteiger charge is 2.24. The average molecular weight is 501 g/mol. The van der Waals surface area contributed by atoms with E-state index in [-0.39, 0.29) is 27.2 Å². The summed E-state index contributed by atoms with van der Waals surface area (Å²) in [5.74, 6) is 2.88. The Labute approximate surface area is 211 Å². The molecule has 0 heterocycles. The van der Waals surface area contributed by atoms with Gasteiger partial charge in [-0.3, -0.25) is 0 Å². The van der Waals surface area contributed by atoms with Crippen molar-refractivity contribution in [1.29, 1.82) is 0 Å². The van der Waals surface area contributed by atoms with Crippen molar-refractivity contribution < 1.29 is 42.6 Å². The minimum atomic E-state index is 0.00929. The van der Waals surface area contributed by atoms with Crippen LogP contribution in [-0.2, 0) is 18.9 Å². The van der Waals surface area contributed by atoms with Gasteiger partial charge in [0, 0.05) is 34.0 Å². The topological polar surface area (TPSA) is 83.1 Å². The first-order chi connectivity index (χ1) is 17.7. The van der Waals surface area contributed by atoms with Crippen molar-refractivity contribution in [3.63, 3.8) is 0 Å². The third-order valence-corrected chi connectivity index (χ3v) is 5.05. The predicted octanol–water partition coefficient (Wildman–Crippen LogP) is 4.96. The molecular formula is C27H32O9. The second kappa shape index (κ2) is 14.2. The van der Waals surface area contributed by atoms with Crippen LogP contribution < -0.4 is 23.7 Å². The molecule has 0 aliphatic heterocycles. The van der Waals surface area contributed by atoms with Gasteiger partial charge in [0.05, 0.1) is 12.7 Å². The molecule has 0 N–H and O–H groups in total. The van der Waals surface area contributed by atoms with Gasteiger partial charge in [-0.05, 0) is 41.5 Å².